The van der Waals surface area contributed by atoms with Crippen LogP contribution < -0.4 is 15.0 Å². The molecule has 2 fully saturated rings. The van der Waals surface area contributed by atoms with Gasteiger partial charge in [0.2, 0.25) is 5.91 Å². The second-order valence-electron chi connectivity index (χ2n) is 9.05. The zero-order valence-electron chi connectivity index (χ0n) is 20.2. The van der Waals surface area contributed by atoms with E-state index in [1.807, 2.05) is 30.0 Å². The van der Waals surface area contributed by atoms with E-state index < -0.39 is 0 Å². The van der Waals surface area contributed by atoms with Crippen molar-refractivity contribution in [3.63, 3.8) is 0 Å². The Balaban J connectivity index is 1.35. The quantitative estimate of drug-likeness (QED) is 0.337. The van der Waals surface area contributed by atoms with Crippen LogP contribution >= 0.6 is 23.4 Å². The number of amides is 2. The molecule has 2 aromatic rings. The summed E-state index contributed by atoms with van der Waals surface area (Å²) in [5.74, 6) is 1.62. The van der Waals surface area contributed by atoms with Gasteiger partial charge in [0.1, 0.15) is 16.7 Å². The van der Waals surface area contributed by atoms with Crippen molar-refractivity contribution in [2.24, 2.45) is 0 Å². The molecule has 1 unspecified atom stereocenters. The molecule has 2 amide bonds. The van der Waals surface area contributed by atoms with E-state index in [4.69, 9.17) is 16.3 Å². The molecule has 1 aromatic heterocycles. The summed E-state index contributed by atoms with van der Waals surface area (Å²) in [5, 5.41) is 3.94. The summed E-state index contributed by atoms with van der Waals surface area (Å²) >= 11 is 7.59. The van der Waals surface area contributed by atoms with Crippen molar-refractivity contribution >= 4 is 41.0 Å². The summed E-state index contributed by atoms with van der Waals surface area (Å²) in [6, 6.07) is 9.22. The highest BCUT2D eigenvalue weighted by Gasteiger charge is 2.29. The summed E-state index contributed by atoms with van der Waals surface area (Å²) in [5.41, 5.74) is 0.611. The number of anilines is 1. The van der Waals surface area contributed by atoms with E-state index in [-0.39, 0.29) is 29.7 Å². The van der Waals surface area contributed by atoms with Gasteiger partial charge in [-0.1, -0.05) is 48.7 Å². The van der Waals surface area contributed by atoms with Gasteiger partial charge in [0, 0.05) is 43.3 Å². The molecule has 188 valence electrons. The van der Waals surface area contributed by atoms with Gasteiger partial charge in [0.25, 0.3) is 5.91 Å². The number of nitrogens with zero attached hydrogens (tertiary/aromatic N) is 4. The standard InChI is InChI=1S/C25H32ClN5O3S/c1-17-15-30(11-12-31(17)24(33)18-7-6-10-20(13-18)34-2)22-14-21(26)28-25(29-22)35-16-23(32)27-19-8-4-3-5-9-19/h6-7,10,13-14,17,19H,3-5,8-9,11-12,15-16H2,1-2H3,(H,27,32). The third-order valence-corrected chi connectivity index (χ3v) is 7.53. The van der Waals surface area contributed by atoms with Gasteiger partial charge in [-0.2, -0.15) is 0 Å². The maximum atomic E-state index is 13.1. The highest BCUT2D eigenvalue weighted by Crippen LogP contribution is 2.25. The summed E-state index contributed by atoms with van der Waals surface area (Å²) in [6.07, 6.45) is 5.71. The maximum Gasteiger partial charge on any atom is 0.254 e. The minimum atomic E-state index is -0.0198. The highest BCUT2D eigenvalue weighted by molar-refractivity contribution is 7.99. The van der Waals surface area contributed by atoms with Crippen LogP contribution in [-0.4, -0.2) is 71.3 Å². The number of ether oxygens (including phenoxy) is 1. The molecule has 1 atom stereocenters. The number of methoxy groups -OCH3 is 1. The van der Waals surface area contributed by atoms with Crippen LogP contribution in [0.15, 0.2) is 35.5 Å². The number of thioether (sulfide) groups is 1. The Hall–Kier alpha value is -2.52. The number of aromatic nitrogens is 2. The van der Waals surface area contributed by atoms with Crippen molar-refractivity contribution < 1.29 is 14.3 Å². The first-order valence-electron chi connectivity index (χ1n) is 12.1. The predicted octanol–water partition coefficient (Wildman–Crippen LogP) is 4.03. The molecule has 1 aliphatic heterocycles. The number of benzene rings is 1. The highest BCUT2D eigenvalue weighted by atomic mass is 35.5. The fourth-order valence-corrected chi connectivity index (χ4v) is 5.54. The largest absolute Gasteiger partial charge is 0.497 e. The Kier molecular flexibility index (Phi) is 8.73. The average Bonchev–Trinajstić information content (AvgIpc) is 2.87. The van der Waals surface area contributed by atoms with Crippen molar-refractivity contribution in [1.82, 2.24) is 20.2 Å². The van der Waals surface area contributed by atoms with Gasteiger partial charge < -0.3 is 19.9 Å². The molecule has 10 heteroatoms. The lowest BCUT2D eigenvalue weighted by Crippen LogP contribution is -2.54. The molecule has 2 aliphatic rings. The van der Waals surface area contributed by atoms with Gasteiger partial charge in [-0.15, -0.1) is 0 Å². The average molecular weight is 518 g/mol. The molecule has 4 rings (SSSR count). The first-order valence-corrected chi connectivity index (χ1v) is 13.5. The molecule has 1 saturated carbocycles. The Labute approximate surface area is 215 Å². The second-order valence-corrected chi connectivity index (χ2v) is 10.4. The van der Waals surface area contributed by atoms with E-state index in [0.717, 1.165) is 12.8 Å². The molecule has 1 aromatic carbocycles. The smallest absolute Gasteiger partial charge is 0.254 e. The molecule has 1 saturated heterocycles. The topological polar surface area (TPSA) is 87.7 Å². The van der Waals surface area contributed by atoms with Crippen molar-refractivity contribution in [2.75, 3.05) is 37.4 Å². The summed E-state index contributed by atoms with van der Waals surface area (Å²) in [7, 11) is 1.59. The molecule has 0 spiro atoms. The van der Waals surface area contributed by atoms with Gasteiger partial charge >= 0.3 is 0 Å². The first kappa shape index (κ1) is 25.6. The van der Waals surface area contributed by atoms with Crippen LogP contribution in [0.2, 0.25) is 5.15 Å². The van der Waals surface area contributed by atoms with E-state index in [2.05, 4.69) is 20.2 Å². The summed E-state index contributed by atoms with van der Waals surface area (Å²) < 4.78 is 5.26. The van der Waals surface area contributed by atoms with Crippen LogP contribution in [-0.2, 0) is 4.79 Å². The van der Waals surface area contributed by atoms with Crippen molar-refractivity contribution in [2.45, 2.75) is 56.3 Å². The van der Waals surface area contributed by atoms with E-state index in [1.165, 1.54) is 31.0 Å². The van der Waals surface area contributed by atoms with Crippen LogP contribution in [0.25, 0.3) is 0 Å². The van der Waals surface area contributed by atoms with Crippen LogP contribution in [0.4, 0.5) is 5.82 Å². The molecular weight excluding hydrogens is 486 g/mol. The molecular formula is C25H32ClN5O3S. The Bertz CT molecular complexity index is 1050. The van der Waals surface area contributed by atoms with Crippen molar-refractivity contribution in [3.8, 4) is 5.75 Å². The Morgan fingerprint density at radius 3 is 2.71 bits per heavy atom. The number of rotatable bonds is 7. The first-order chi connectivity index (χ1) is 16.9. The van der Waals surface area contributed by atoms with E-state index in [9.17, 15) is 9.59 Å². The molecule has 1 aliphatic carbocycles. The minimum Gasteiger partial charge on any atom is -0.497 e. The number of hydrogen-bond acceptors (Lipinski definition) is 7. The van der Waals surface area contributed by atoms with Crippen molar-refractivity contribution in [3.05, 3.63) is 41.0 Å². The third kappa shape index (κ3) is 6.79. The van der Waals surface area contributed by atoms with Crippen LogP contribution in [0, 0.1) is 0 Å². The lowest BCUT2D eigenvalue weighted by atomic mass is 9.95. The van der Waals surface area contributed by atoms with Crippen LogP contribution in [0.5, 0.6) is 5.75 Å². The van der Waals surface area contributed by atoms with Gasteiger partial charge in [-0.25, -0.2) is 9.97 Å². The molecule has 8 nitrogen and oxygen atoms in total. The summed E-state index contributed by atoms with van der Waals surface area (Å²) in [6.45, 7) is 3.83. The lowest BCUT2D eigenvalue weighted by molar-refractivity contribution is -0.119. The zero-order chi connectivity index (χ0) is 24.8. The van der Waals surface area contributed by atoms with Gasteiger partial charge in [0.05, 0.1) is 12.9 Å². The van der Waals surface area contributed by atoms with E-state index in [0.29, 0.717) is 47.1 Å². The van der Waals surface area contributed by atoms with Crippen molar-refractivity contribution in [1.29, 1.82) is 0 Å². The third-order valence-electron chi connectivity index (χ3n) is 6.49. The number of piperazine rings is 1. The normalized spacial score (nSPS) is 18.9. The maximum absolute atomic E-state index is 13.1. The van der Waals surface area contributed by atoms with Crippen LogP contribution in [0.1, 0.15) is 49.4 Å². The molecule has 35 heavy (non-hydrogen) atoms. The fraction of sp³-hybridized carbons (Fsp3) is 0.520. The Morgan fingerprint density at radius 1 is 1.17 bits per heavy atom. The predicted molar refractivity (Wildman–Crippen MR) is 138 cm³/mol. The van der Waals surface area contributed by atoms with Gasteiger partial charge in [-0.3, -0.25) is 9.59 Å². The van der Waals surface area contributed by atoms with E-state index >= 15 is 0 Å². The molecule has 1 N–H and O–H groups in total. The number of carbonyl (C=O) groups excluding carboxylic acids is 2. The lowest BCUT2D eigenvalue weighted by Gasteiger charge is -2.40. The van der Waals surface area contributed by atoms with E-state index in [1.54, 1.807) is 19.2 Å². The number of nitrogens with one attached hydrogen (secondary N) is 1. The molecule has 2 heterocycles. The molecule has 0 bridgehead atoms. The Morgan fingerprint density at radius 2 is 1.97 bits per heavy atom. The number of hydrogen-bond donors (Lipinski definition) is 1. The number of halogens is 1. The zero-order valence-corrected chi connectivity index (χ0v) is 21.8. The summed E-state index contributed by atoms with van der Waals surface area (Å²) in [4.78, 5) is 38.4. The number of carbonyl (C=O) groups is 2. The fourth-order valence-electron chi connectivity index (χ4n) is 4.65. The van der Waals surface area contributed by atoms with Gasteiger partial charge in [-0.05, 0) is 38.0 Å². The van der Waals surface area contributed by atoms with Crippen LogP contribution in [0.3, 0.4) is 0 Å². The minimum absolute atomic E-state index is 0.00492. The van der Waals surface area contributed by atoms with Gasteiger partial charge in [0.15, 0.2) is 5.16 Å². The monoisotopic (exact) mass is 517 g/mol. The SMILES string of the molecule is COc1cccc(C(=O)N2CCN(c3cc(Cl)nc(SCC(=O)NC4CCCCC4)n3)CC2C)c1. The second kappa shape index (κ2) is 11.9. The molecule has 0 radical (unpaired) electrons.